The topological polar surface area (TPSA) is 90.6 Å². The maximum atomic E-state index is 13.6. The molecular formula is C31H35F3N4O2. The molecule has 0 aliphatic carbocycles. The van der Waals surface area contributed by atoms with Crippen molar-refractivity contribution in [3.63, 3.8) is 0 Å². The van der Waals surface area contributed by atoms with Gasteiger partial charge in [-0.15, -0.1) is 0 Å². The van der Waals surface area contributed by atoms with Crippen LogP contribution in [0.15, 0.2) is 48.5 Å². The number of amides is 1. The molecular weight excluding hydrogens is 517 g/mol. The van der Waals surface area contributed by atoms with Gasteiger partial charge < -0.3 is 21.5 Å². The van der Waals surface area contributed by atoms with Gasteiger partial charge in [-0.25, -0.2) is 0 Å². The summed E-state index contributed by atoms with van der Waals surface area (Å²) < 4.78 is 40.9. The summed E-state index contributed by atoms with van der Waals surface area (Å²) in [7, 11) is 0. The normalized spacial score (nSPS) is 17.9. The third-order valence-electron chi connectivity index (χ3n) is 8.06. The van der Waals surface area contributed by atoms with Crippen molar-refractivity contribution in [3.8, 4) is 5.75 Å². The van der Waals surface area contributed by atoms with Crippen molar-refractivity contribution in [1.29, 1.82) is 0 Å². The number of anilines is 1. The number of nitrogens with one attached hydrogen (secondary N) is 2. The fourth-order valence-corrected chi connectivity index (χ4v) is 6.00. The van der Waals surface area contributed by atoms with Crippen LogP contribution in [0.3, 0.4) is 0 Å². The highest BCUT2D eigenvalue weighted by Crippen LogP contribution is 2.36. The average molecular weight is 553 g/mol. The van der Waals surface area contributed by atoms with Crippen molar-refractivity contribution in [2.75, 3.05) is 18.4 Å². The number of phenolic OH excluding ortho intramolecular Hbond substituents is 1. The zero-order chi connectivity index (χ0) is 28.6. The molecule has 0 saturated carbocycles. The molecule has 0 unspecified atom stereocenters. The van der Waals surface area contributed by atoms with E-state index < -0.39 is 17.8 Å². The fraction of sp³-hybridized carbons (Fsp3) is 0.387. The Hall–Kier alpha value is -3.56. The highest BCUT2D eigenvalue weighted by atomic mass is 19.4. The number of hydrogen-bond donors (Lipinski definition) is 4. The minimum absolute atomic E-state index is 0.188. The second kappa shape index (κ2) is 11.1. The van der Waals surface area contributed by atoms with E-state index >= 15 is 0 Å². The van der Waals surface area contributed by atoms with Crippen LogP contribution >= 0.6 is 0 Å². The summed E-state index contributed by atoms with van der Waals surface area (Å²) in [5.74, 6) is -0.0594. The van der Waals surface area contributed by atoms with Crippen molar-refractivity contribution in [1.82, 2.24) is 10.2 Å². The van der Waals surface area contributed by atoms with Crippen LogP contribution in [0, 0.1) is 13.8 Å². The molecule has 3 aromatic rings. The Morgan fingerprint density at radius 2 is 1.93 bits per heavy atom. The van der Waals surface area contributed by atoms with Crippen LogP contribution in [0.1, 0.15) is 57.0 Å². The number of phenols is 1. The minimum atomic E-state index is -4.38. The number of alkyl halides is 3. The largest absolute Gasteiger partial charge is 0.508 e. The summed E-state index contributed by atoms with van der Waals surface area (Å²) >= 11 is 0. The van der Waals surface area contributed by atoms with Crippen molar-refractivity contribution in [3.05, 3.63) is 93.0 Å². The molecule has 212 valence electrons. The lowest BCUT2D eigenvalue weighted by atomic mass is 9.92. The van der Waals surface area contributed by atoms with Gasteiger partial charge in [0.1, 0.15) is 5.75 Å². The van der Waals surface area contributed by atoms with Crippen LogP contribution in [0.5, 0.6) is 5.75 Å². The molecule has 1 amide bonds. The maximum absolute atomic E-state index is 13.6. The van der Waals surface area contributed by atoms with E-state index in [1.165, 1.54) is 6.07 Å². The lowest BCUT2D eigenvalue weighted by Gasteiger charge is -2.32. The molecule has 0 bridgehead atoms. The Kier molecular flexibility index (Phi) is 7.79. The minimum Gasteiger partial charge on any atom is -0.508 e. The number of carbonyl (C=O) groups excluding carboxylic acids is 1. The van der Waals surface area contributed by atoms with E-state index in [0.717, 1.165) is 45.1 Å². The van der Waals surface area contributed by atoms with Crippen LogP contribution in [-0.2, 0) is 36.9 Å². The predicted octanol–water partition coefficient (Wildman–Crippen LogP) is 5.13. The summed E-state index contributed by atoms with van der Waals surface area (Å²) in [6.45, 7) is 5.91. The van der Waals surface area contributed by atoms with E-state index in [1.54, 1.807) is 18.2 Å². The summed E-state index contributed by atoms with van der Waals surface area (Å²) in [5.41, 5.74) is 12.5. The SMILES string of the molecule is Cc1cc(O)cc(C)c1C[C@H](N)C(=O)N[C@@H]1CCNc2ccc(CN3CCc4cccc(C(F)(F)F)c4C3)cc21. The highest BCUT2D eigenvalue weighted by molar-refractivity contribution is 5.82. The number of aromatic hydroxyl groups is 1. The van der Waals surface area contributed by atoms with E-state index in [-0.39, 0.29) is 24.2 Å². The lowest BCUT2D eigenvalue weighted by Crippen LogP contribution is -2.44. The molecule has 3 aromatic carbocycles. The first-order valence-corrected chi connectivity index (χ1v) is 13.6. The third-order valence-corrected chi connectivity index (χ3v) is 8.06. The van der Waals surface area contributed by atoms with Crippen molar-refractivity contribution < 1.29 is 23.1 Å². The Balaban J connectivity index is 1.29. The standard InChI is InChI=1S/C31H35F3N4O2/c1-18-12-22(39)13-19(2)23(18)15-27(35)30(40)37-29-8-10-36-28-7-6-20(14-24(28)29)16-38-11-9-21-4-3-5-26(25(21)17-38)31(32,33)34/h3-7,12-14,27,29,36,39H,8-11,15-17,35H2,1-2H3,(H,37,40)/t27-,29+/m0/s1. The van der Waals surface area contributed by atoms with Gasteiger partial charge in [0, 0.05) is 31.9 Å². The Bertz CT molecular complexity index is 1400. The van der Waals surface area contributed by atoms with Crippen molar-refractivity contribution in [2.24, 2.45) is 5.73 Å². The second-order valence-corrected chi connectivity index (χ2v) is 11.0. The summed E-state index contributed by atoms with van der Waals surface area (Å²) in [6, 6.07) is 12.8. The molecule has 0 saturated heterocycles. The van der Waals surface area contributed by atoms with Crippen LogP contribution in [0.2, 0.25) is 0 Å². The van der Waals surface area contributed by atoms with Gasteiger partial charge in [0.2, 0.25) is 5.91 Å². The zero-order valence-electron chi connectivity index (χ0n) is 22.7. The first-order valence-electron chi connectivity index (χ1n) is 13.6. The Morgan fingerprint density at radius 3 is 2.65 bits per heavy atom. The third kappa shape index (κ3) is 5.95. The number of rotatable bonds is 6. The number of halogens is 3. The number of fused-ring (bicyclic) bond motifs is 2. The average Bonchev–Trinajstić information content (AvgIpc) is 2.90. The predicted molar refractivity (Wildman–Crippen MR) is 149 cm³/mol. The molecule has 0 aromatic heterocycles. The van der Waals surface area contributed by atoms with Gasteiger partial charge in [0.15, 0.2) is 0 Å². The summed E-state index contributed by atoms with van der Waals surface area (Å²) in [6.07, 6.45) is -2.75. The van der Waals surface area contributed by atoms with Gasteiger partial charge in [-0.3, -0.25) is 9.69 Å². The van der Waals surface area contributed by atoms with Gasteiger partial charge in [0.05, 0.1) is 17.6 Å². The molecule has 5 N–H and O–H groups in total. The lowest BCUT2D eigenvalue weighted by molar-refractivity contribution is -0.138. The summed E-state index contributed by atoms with van der Waals surface area (Å²) in [5, 5.41) is 16.3. The molecule has 40 heavy (non-hydrogen) atoms. The molecule has 0 fully saturated rings. The number of nitrogens with two attached hydrogens (primary N) is 1. The van der Waals surface area contributed by atoms with E-state index in [9.17, 15) is 23.1 Å². The van der Waals surface area contributed by atoms with Crippen LogP contribution < -0.4 is 16.4 Å². The van der Waals surface area contributed by atoms with Crippen molar-refractivity contribution in [2.45, 2.75) is 64.5 Å². The van der Waals surface area contributed by atoms with Crippen LogP contribution in [0.4, 0.5) is 18.9 Å². The molecule has 2 aliphatic heterocycles. The van der Waals surface area contributed by atoms with E-state index in [1.807, 2.05) is 36.9 Å². The molecule has 0 spiro atoms. The van der Waals surface area contributed by atoms with Crippen LogP contribution in [-0.4, -0.2) is 35.0 Å². The quantitative estimate of drug-likeness (QED) is 0.341. The molecule has 2 heterocycles. The van der Waals surface area contributed by atoms with Gasteiger partial charge >= 0.3 is 6.18 Å². The number of carbonyl (C=O) groups is 1. The smallest absolute Gasteiger partial charge is 0.416 e. The maximum Gasteiger partial charge on any atom is 0.416 e. The van der Waals surface area contributed by atoms with Gasteiger partial charge in [-0.05, 0) is 96.3 Å². The molecule has 6 nitrogen and oxygen atoms in total. The number of aryl methyl sites for hydroxylation is 2. The number of hydrogen-bond acceptors (Lipinski definition) is 5. The van der Waals surface area contributed by atoms with Crippen LogP contribution in [0.25, 0.3) is 0 Å². The zero-order valence-corrected chi connectivity index (χ0v) is 22.7. The van der Waals surface area contributed by atoms with E-state index in [4.69, 9.17) is 5.73 Å². The van der Waals surface area contributed by atoms with Gasteiger partial charge in [-0.2, -0.15) is 13.2 Å². The van der Waals surface area contributed by atoms with Gasteiger partial charge in [0.25, 0.3) is 0 Å². The highest BCUT2D eigenvalue weighted by Gasteiger charge is 2.35. The Morgan fingerprint density at radius 1 is 1.18 bits per heavy atom. The summed E-state index contributed by atoms with van der Waals surface area (Å²) in [4.78, 5) is 15.2. The first kappa shape index (κ1) is 28.0. The molecule has 2 aliphatic rings. The number of benzene rings is 3. The van der Waals surface area contributed by atoms with E-state index in [0.29, 0.717) is 44.5 Å². The molecule has 5 rings (SSSR count). The van der Waals surface area contributed by atoms with E-state index in [2.05, 4.69) is 10.6 Å². The van der Waals surface area contributed by atoms with Crippen molar-refractivity contribution >= 4 is 11.6 Å². The molecule has 0 radical (unpaired) electrons. The fourth-order valence-electron chi connectivity index (χ4n) is 6.00. The Labute approximate surface area is 232 Å². The molecule has 9 heteroatoms. The number of nitrogens with zero attached hydrogens (tertiary/aromatic N) is 1. The monoisotopic (exact) mass is 552 g/mol. The first-order chi connectivity index (χ1) is 19.0. The van der Waals surface area contributed by atoms with Gasteiger partial charge in [-0.1, -0.05) is 24.3 Å². The molecule has 2 atom stereocenters. The second-order valence-electron chi connectivity index (χ2n) is 11.0.